The first kappa shape index (κ1) is 8.45. The number of carbonyl (C=O) groups excluding carboxylic acids is 1. The number of aliphatic hydroxyl groups is 3. The van der Waals surface area contributed by atoms with Crippen molar-refractivity contribution >= 4 is 5.91 Å². The van der Waals surface area contributed by atoms with Gasteiger partial charge in [-0.25, -0.2) is 0 Å². The molecule has 4 atom stereocenters. The lowest BCUT2D eigenvalue weighted by Crippen LogP contribution is -2.41. The van der Waals surface area contributed by atoms with Gasteiger partial charge in [-0.2, -0.15) is 0 Å². The average Bonchev–Trinajstić information content (AvgIpc) is 2.17. The van der Waals surface area contributed by atoms with Gasteiger partial charge in [0.15, 0.2) is 6.10 Å². The summed E-state index contributed by atoms with van der Waals surface area (Å²) in [4.78, 5) is 10.7. The molecule has 0 bridgehead atoms. The van der Waals surface area contributed by atoms with E-state index in [1.54, 1.807) is 0 Å². The molecule has 0 unspecified atom stereocenters. The van der Waals surface area contributed by atoms with E-state index in [-0.39, 0.29) is 0 Å². The van der Waals surface area contributed by atoms with Crippen LogP contribution in [-0.2, 0) is 4.79 Å². The minimum Gasteiger partial charge on any atom is -0.391 e. The molecule has 0 spiro atoms. The number of hydrogen-bond donors (Lipinski definition) is 4. The van der Waals surface area contributed by atoms with Crippen LogP contribution >= 0.6 is 0 Å². The van der Waals surface area contributed by atoms with Gasteiger partial charge in [-0.3, -0.25) is 4.79 Å². The summed E-state index contributed by atoms with van der Waals surface area (Å²) in [5.41, 5.74) is 0. The van der Waals surface area contributed by atoms with E-state index in [0.717, 1.165) is 0 Å². The highest BCUT2D eigenvalue weighted by molar-refractivity contribution is 5.84. The highest BCUT2D eigenvalue weighted by atomic mass is 16.3. The van der Waals surface area contributed by atoms with E-state index < -0.39 is 30.3 Å². The molecular formula is C6H11NO4. The molecule has 1 aliphatic rings. The monoisotopic (exact) mass is 161 g/mol. The second kappa shape index (κ2) is 2.77. The van der Waals surface area contributed by atoms with Crippen molar-refractivity contribution in [1.82, 2.24) is 5.32 Å². The Morgan fingerprint density at radius 3 is 2.27 bits per heavy atom. The molecule has 1 amide bonds. The molecule has 1 rings (SSSR count). The van der Waals surface area contributed by atoms with Crippen LogP contribution in [0.25, 0.3) is 0 Å². The van der Waals surface area contributed by atoms with Crippen molar-refractivity contribution in [2.24, 2.45) is 0 Å². The van der Waals surface area contributed by atoms with Crippen molar-refractivity contribution in [3.8, 4) is 0 Å². The highest BCUT2D eigenvalue weighted by Crippen LogP contribution is 2.11. The average molecular weight is 161 g/mol. The van der Waals surface area contributed by atoms with Crippen molar-refractivity contribution in [1.29, 1.82) is 0 Å². The third-order valence-corrected chi connectivity index (χ3v) is 1.79. The number of hydrogen-bond acceptors (Lipinski definition) is 4. The SMILES string of the molecule is C[C@H](O)[C@@H]1NC(=O)[C@H](O)[C@@H]1O. The smallest absolute Gasteiger partial charge is 0.252 e. The molecule has 0 aliphatic carbocycles. The molecule has 0 aromatic heterocycles. The number of aliphatic hydroxyl groups excluding tert-OH is 3. The predicted molar refractivity (Wildman–Crippen MR) is 35.6 cm³/mol. The van der Waals surface area contributed by atoms with Crippen LogP contribution in [0.5, 0.6) is 0 Å². The van der Waals surface area contributed by atoms with E-state index in [4.69, 9.17) is 15.3 Å². The molecule has 1 saturated heterocycles. The molecule has 4 N–H and O–H groups in total. The van der Waals surface area contributed by atoms with Crippen LogP contribution in [0.3, 0.4) is 0 Å². The third kappa shape index (κ3) is 1.35. The fourth-order valence-corrected chi connectivity index (χ4v) is 1.09. The zero-order valence-corrected chi connectivity index (χ0v) is 6.06. The van der Waals surface area contributed by atoms with Gasteiger partial charge in [-0.05, 0) is 6.92 Å². The van der Waals surface area contributed by atoms with Crippen LogP contribution in [-0.4, -0.2) is 45.6 Å². The Labute approximate surface area is 63.7 Å². The number of carbonyl (C=O) groups is 1. The Hall–Kier alpha value is -0.650. The lowest BCUT2D eigenvalue weighted by molar-refractivity contribution is -0.128. The van der Waals surface area contributed by atoms with Crippen molar-refractivity contribution in [2.45, 2.75) is 31.3 Å². The van der Waals surface area contributed by atoms with Crippen LogP contribution in [0.15, 0.2) is 0 Å². The Morgan fingerprint density at radius 1 is 1.55 bits per heavy atom. The highest BCUT2D eigenvalue weighted by Gasteiger charge is 2.41. The van der Waals surface area contributed by atoms with Crippen LogP contribution in [0, 0.1) is 0 Å². The van der Waals surface area contributed by atoms with Crippen LogP contribution in [0.4, 0.5) is 0 Å². The van der Waals surface area contributed by atoms with Gasteiger partial charge in [0, 0.05) is 0 Å². The Kier molecular flexibility index (Phi) is 2.12. The Morgan fingerprint density at radius 2 is 2.09 bits per heavy atom. The molecule has 1 heterocycles. The van der Waals surface area contributed by atoms with Crippen molar-refractivity contribution in [3.05, 3.63) is 0 Å². The molecule has 0 radical (unpaired) electrons. The fraction of sp³-hybridized carbons (Fsp3) is 0.833. The molecular weight excluding hydrogens is 150 g/mol. The quantitative estimate of drug-likeness (QED) is 0.345. The second-order valence-corrected chi connectivity index (χ2v) is 2.71. The zero-order chi connectivity index (χ0) is 8.59. The van der Waals surface area contributed by atoms with Crippen LogP contribution in [0.1, 0.15) is 6.92 Å². The fourth-order valence-electron chi connectivity index (χ4n) is 1.09. The zero-order valence-electron chi connectivity index (χ0n) is 6.06. The summed E-state index contributed by atoms with van der Waals surface area (Å²) < 4.78 is 0. The maximum Gasteiger partial charge on any atom is 0.252 e. The maximum atomic E-state index is 10.7. The topological polar surface area (TPSA) is 89.8 Å². The van der Waals surface area contributed by atoms with Gasteiger partial charge in [0.2, 0.25) is 0 Å². The minimum absolute atomic E-state index is 0.636. The van der Waals surface area contributed by atoms with Crippen molar-refractivity contribution in [2.75, 3.05) is 0 Å². The summed E-state index contributed by atoms with van der Waals surface area (Å²) in [5.74, 6) is -0.636. The van der Waals surface area contributed by atoms with E-state index in [9.17, 15) is 4.79 Å². The summed E-state index contributed by atoms with van der Waals surface area (Å²) >= 11 is 0. The Balaban J connectivity index is 2.67. The van der Waals surface area contributed by atoms with E-state index >= 15 is 0 Å². The van der Waals surface area contributed by atoms with Gasteiger partial charge >= 0.3 is 0 Å². The van der Waals surface area contributed by atoms with Gasteiger partial charge in [-0.1, -0.05) is 0 Å². The second-order valence-electron chi connectivity index (χ2n) is 2.71. The summed E-state index contributed by atoms with van der Waals surface area (Å²) in [6, 6.07) is -0.752. The van der Waals surface area contributed by atoms with Crippen LogP contribution in [0.2, 0.25) is 0 Å². The Bertz CT molecular complexity index is 170. The first-order chi connectivity index (χ1) is 5.04. The summed E-state index contributed by atoms with van der Waals surface area (Å²) in [5, 5.41) is 29.3. The number of amides is 1. The first-order valence-electron chi connectivity index (χ1n) is 3.38. The summed E-state index contributed by atoms with van der Waals surface area (Å²) in [7, 11) is 0. The van der Waals surface area contributed by atoms with Gasteiger partial charge in [0.1, 0.15) is 6.10 Å². The number of nitrogens with one attached hydrogen (secondary N) is 1. The normalized spacial score (nSPS) is 40.4. The first-order valence-corrected chi connectivity index (χ1v) is 3.38. The molecule has 5 nitrogen and oxygen atoms in total. The van der Waals surface area contributed by atoms with Gasteiger partial charge < -0.3 is 20.6 Å². The van der Waals surface area contributed by atoms with Crippen molar-refractivity contribution in [3.63, 3.8) is 0 Å². The summed E-state index contributed by atoms with van der Waals surface area (Å²) in [6.07, 6.45) is -3.47. The lowest BCUT2D eigenvalue weighted by atomic mass is 10.1. The van der Waals surface area contributed by atoms with Gasteiger partial charge in [0.05, 0.1) is 12.1 Å². The molecule has 0 aromatic carbocycles. The third-order valence-electron chi connectivity index (χ3n) is 1.79. The minimum atomic E-state index is -1.41. The molecule has 1 fully saturated rings. The molecule has 5 heteroatoms. The van der Waals surface area contributed by atoms with Crippen molar-refractivity contribution < 1.29 is 20.1 Å². The van der Waals surface area contributed by atoms with E-state index in [1.807, 2.05) is 0 Å². The molecule has 0 saturated carbocycles. The van der Waals surface area contributed by atoms with E-state index in [1.165, 1.54) is 6.92 Å². The van der Waals surface area contributed by atoms with E-state index in [0.29, 0.717) is 0 Å². The number of rotatable bonds is 1. The standard InChI is InChI=1S/C6H11NO4/c1-2(8)3-4(9)5(10)6(11)7-3/h2-5,8-10H,1H3,(H,7,11)/t2-,3-,4+,5+/m0/s1. The predicted octanol–water partition coefficient (Wildman–Crippen LogP) is -2.41. The maximum absolute atomic E-state index is 10.7. The molecule has 1 aliphatic heterocycles. The summed E-state index contributed by atoms with van der Waals surface area (Å²) in [6.45, 7) is 1.44. The van der Waals surface area contributed by atoms with Gasteiger partial charge in [0.25, 0.3) is 5.91 Å². The van der Waals surface area contributed by atoms with E-state index in [2.05, 4.69) is 5.32 Å². The molecule has 11 heavy (non-hydrogen) atoms. The molecule has 0 aromatic rings. The van der Waals surface area contributed by atoms with Gasteiger partial charge in [-0.15, -0.1) is 0 Å². The molecule has 64 valence electrons. The largest absolute Gasteiger partial charge is 0.391 e. The lowest BCUT2D eigenvalue weighted by Gasteiger charge is -2.17. The van der Waals surface area contributed by atoms with Crippen LogP contribution < -0.4 is 5.32 Å².